The van der Waals surface area contributed by atoms with Crippen molar-refractivity contribution in [1.82, 2.24) is 4.98 Å². The SMILES string of the molecule is COC(=O)c1c(I)cc([N+](=O)[O-])nc1C(F)F. The molecule has 0 atom stereocenters. The fourth-order valence-electron chi connectivity index (χ4n) is 1.08. The summed E-state index contributed by atoms with van der Waals surface area (Å²) in [6.45, 7) is 0. The van der Waals surface area contributed by atoms with Gasteiger partial charge in [0.25, 0.3) is 0 Å². The zero-order chi connectivity index (χ0) is 13.2. The van der Waals surface area contributed by atoms with E-state index < -0.39 is 34.4 Å². The zero-order valence-electron chi connectivity index (χ0n) is 8.32. The molecule has 1 heterocycles. The number of pyridine rings is 1. The second kappa shape index (κ2) is 5.29. The third kappa shape index (κ3) is 2.84. The Hall–Kier alpha value is -1.39. The summed E-state index contributed by atoms with van der Waals surface area (Å²) in [6, 6.07) is 0.929. The minimum atomic E-state index is -3.10. The molecule has 0 N–H and O–H groups in total. The van der Waals surface area contributed by atoms with Gasteiger partial charge in [-0.05, 0) is 32.5 Å². The highest BCUT2D eigenvalue weighted by Crippen LogP contribution is 2.28. The Morgan fingerprint density at radius 2 is 2.24 bits per heavy atom. The molecule has 0 saturated carbocycles. The van der Waals surface area contributed by atoms with Gasteiger partial charge in [-0.25, -0.2) is 13.6 Å². The Morgan fingerprint density at radius 3 is 2.65 bits per heavy atom. The van der Waals surface area contributed by atoms with Crippen LogP contribution in [-0.4, -0.2) is 23.0 Å². The maximum Gasteiger partial charge on any atom is 0.365 e. The first-order chi connectivity index (χ1) is 7.88. The highest BCUT2D eigenvalue weighted by Gasteiger charge is 2.30. The summed E-state index contributed by atoms with van der Waals surface area (Å²) in [7, 11) is 1.02. The van der Waals surface area contributed by atoms with Gasteiger partial charge in [-0.2, -0.15) is 0 Å². The van der Waals surface area contributed by atoms with Crippen LogP contribution < -0.4 is 0 Å². The van der Waals surface area contributed by atoms with E-state index in [9.17, 15) is 23.7 Å². The minimum Gasteiger partial charge on any atom is -0.465 e. The van der Waals surface area contributed by atoms with Crippen molar-refractivity contribution in [1.29, 1.82) is 0 Å². The van der Waals surface area contributed by atoms with Crippen molar-refractivity contribution in [2.24, 2.45) is 0 Å². The monoisotopic (exact) mass is 358 g/mol. The van der Waals surface area contributed by atoms with Gasteiger partial charge in [0.15, 0.2) is 0 Å². The molecule has 0 aromatic carbocycles. The summed E-state index contributed by atoms with van der Waals surface area (Å²) >= 11 is 1.54. The summed E-state index contributed by atoms with van der Waals surface area (Å²) in [5.41, 5.74) is -1.40. The molecule has 0 radical (unpaired) electrons. The molecule has 1 aromatic rings. The van der Waals surface area contributed by atoms with E-state index >= 15 is 0 Å². The smallest absolute Gasteiger partial charge is 0.365 e. The molecule has 17 heavy (non-hydrogen) atoms. The van der Waals surface area contributed by atoms with Crippen molar-refractivity contribution in [2.75, 3.05) is 7.11 Å². The van der Waals surface area contributed by atoms with E-state index in [1.807, 2.05) is 0 Å². The zero-order valence-corrected chi connectivity index (χ0v) is 10.5. The minimum absolute atomic E-state index is 0.00792. The number of nitrogens with zero attached hydrogens (tertiary/aromatic N) is 2. The van der Waals surface area contributed by atoms with E-state index in [-0.39, 0.29) is 3.57 Å². The number of carbonyl (C=O) groups is 1. The first-order valence-corrected chi connectivity index (χ1v) is 5.17. The van der Waals surface area contributed by atoms with Crippen LogP contribution in [-0.2, 0) is 4.74 Å². The van der Waals surface area contributed by atoms with E-state index in [2.05, 4.69) is 9.72 Å². The maximum absolute atomic E-state index is 12.7. The Bertz CT molecular complexity index is 481. The number of rotatable bonds is 3. The van der Waals surface area contributed by atoms with E-state index in [0.717, 1.165) is 13.2 Å². The van der Waals surface area contributed by atoms with Gasteiger partial charge in [-0.3, -0.25) is 0 Å². The quantitative estimate of drug-likeness (QED) is 0.359. The molecular weight excluding hydrogens is 353 g/mol. The van der Waals surface area contributed by atoms with Gasteiger partial charge in [0.2, 0.25) is 5.69 Å². The summed E-state index contributed by atoms with van der Waals surface area (Å²) in [4.78, 5) is 24.0. The van der Waals surface area contributed by atoms with Crippen LogP contribution in [0.5, 0.6) is 0 Å². The number of esters is 1. The van der Waals surface area contributed by atoms with E-state index in [0.29, 0.717) is 0 Å². The van der Waals surface area contributed by atoms with Crippen molar-refractivity contribution < 1.29 is 23.2 Å². The van der Waals surface area contributed by atoms with Crippen molar-refractivity contribution in [3.63, 3.8) is 0 Å². The van der Waals surface area contributed by atoms with Gasteiger partial charge in [0.05, 0.1) is 13.2 Å². The fourth-order valence-corrected chi connectivity index (χ4v) is 1.85. The van der Waals surface area contributed by atoms with Gasteiger partial charge in [-0.1, -0.05) is 0 Å². The molecule has 6 nitrogen and oxygen atoms in total. The molecule has 0 saturated heterocycles. The molecule has 1 aromatic heterocycles. The number of alkyl halides is 2. The van der Waals surface area contributed by atoms with Gasteiger partial charge in [0, 0.05) is 3.57 Å². The fraction of sp³-hybridized carbons (Fsp3) is 0.250. The van der Waals surface area contributed by atoms with Gasteiger partial charge >= 0.3 is 18.2 Å². The second-order valence-electron chi connectivity index (χ2n) is 2.77. The Kier molecular flexibility index (Phi) is 4.26. The number of aromatic nitrogens is 1. The van der Waals surface area contributed by atoms with E-state index in [1.54, 1.807) is 0 Å². The van der Waals surface area contributed by atoms with Crippen molar-refractivity contribution in [3.05, 3.63) is 31.0 Å². The predicted octanol–water partition coefficient (Wildman–Crippen LogP) is 2.32. The second-order valence-corrected chi connectivity index (χ2v) is 3.93. The summed E-state index contributed by atoms with van der Waals surface area (Å²) in [5, 5.41) is 10.5. The number of hydrogen-bond donors (Lipinski definition) is 0. The van der Waals surface area contributed by atoms with Crippen LogP contribution in [0.15, 0.2) is 6.07 Å². The predicted molar refractivity (Wildman–Crippen MR) is 59.9 cm³/mol. The molecule has 0 amide bonds. The maximum atomic E-state index is 12.7. The van der Waals surface area contributed by atoms with E-state index in [1.165, 1.54) is 22.6 Å². The lowest BCUT2D eigenvalue weighted by molar-refractivity contribution is -0.389. The molecule has 92 valence electrons. The summed E-state index contributed by atoms with van der Waals surface area (Å²) in [5.74, 6) is -1.75. The lowest BCUT2D eigenvalue weighted by atomic mass is 10.2. The molecule has 0 aliphatic heterocycles. The molecule has 9 heteroatoms. The number of methoxy groups -OCH3 is 1. The molecule has 0 bridgehead atoms. The summed E-state index contributed by atoms with van der Waals surface area (Å²) < 4.78 is 29.6. The number of nitro groups is 1. The average molecular weight is 358 g/mol. The van der Waals surface area contributed by atoms with Gasteiger partial charge in [-0.15, -0.1) is 0 Å². The third-order valence-electron chi connectivity index (χ3n) is 1.77. The van der Waals surface area contributed by atoms with Crippen LogP contribution in [0.2, 0.25) is 0 Å². The topological polar surface area (TPSA) is 82.3 Å². The highest BCUT2D eigenvalue weighted by molar-refractivity contribution is 14.1. The molecule has 0 aliphatic carbocycles. The Balaban J connectivity index is 3.49. The van der Waals surface area contributed by atoms with Crippen molar-refractivity contribution in [2.45, 2.75) is 6.43 Å². The number of ether oxygens (including phenoxy) is 1. The van der Waals surface area contributed by atoms with Crippen LogP contribution in [0.1, 0.15) is 22.5 Å². The Morgan fingerprint density at radius 1 is 1.65 bits per heavy atom. The van der Waals surface area contributed by atoms with Crippen LogP contribution in [0.4, 0.5) is 14.6 Å². The third-order valence-corrected chi connectivity index (χ3v) is 2.62. The lowest BCUT2D eigenvalue weighted by Crippen LogP contribution is -2.12. The van der Waals surface area contributed by atoms with Crippen LogP contribution in [0.3, 0.4) is 0 Å². The molecule has 0 aliphatic rings. The van der Waals surface area contributed by atoms with E-state index in [4.69, 9.17) is 0 Å². The molecule has 1 rings (SSSR count). The average Bonchev–Trinajstić information content (AvgIpc) is 2.26. The van der Waals surface area contributed by atoms with Gasteiger partial charge in [0.1, 0.15) is 5.56 Å². The van der Waals surface area contributed by atoms with Crippen LogP contribution in [0, 0.1) is 13.7 Å². The Labute approximate surface area is 107 Å². The standard InChI is InChI=1S/C8H5F2IN2O4/c1-17-8(14)5-3(11)2-4(13(15)16)12-6(5)7(9)10/h2,7H,1H3. The largest absolute Gasteiger partial charge is 0.465 e. The highest BCUT2D eigenvalue weighted by atomic mass is 127. The normalized spacial score (nSPS) is 10.4. The van der Waals surface area contributed by atoms with Gasteiger partial charge < -0.3 is 14.9 Å². The molecule has 0 unspecified atom stereocenters. The molecule has 0 spiro atoms. The lowest BCUT2D eigenvalue weighted by Gasteiger charge is -2.05. The van der Waals surface area contributed by atoms with Crippen molar-refractivity contribution >= 4 is 34.4 Å². The van der Waals surface area contributed by atoms with Crippen LogP contribution in [0.25, 0.3) is 0 Å². The molecular formula is C8H5F2IN2O4. The number of hydrogen-bond acceptors (Lipinski definition) is 5. The van der Waals surface area contributed by atoms with Crippen LogP contribution >= 0.6 is 22.6 Å². The van der Waals surface area contributed by atoms with Crippen molar-refractivity contribution in [3.8, 4) is 0 Å². The first kappa shape index (κ1) is 13.7. The number of carbonyl (C=O) groups excluding carboxylic acids is 1. The summed E-state index contributed by atoms with van der Waals surface area (Å²) in [6.07, 6.45) is -3.10. The number of halogens is 3. The first-order valence-electron chi connectivity index (χ1n) is 4.09. The molecule has 0 fully saturated rings.